The molecule has 0 saturated carbocycles. The van der Waals surface area contributed by atoms with Crippen LogP contribution in [0.5, 0.6) is 0 Å². The summed E-state index contributed by atoms with van der Waals surface area (Å²) in [4.78, 5) is 9.10. The minimum Gasteiger partial charge on any atom is -0.411 e. The molecule has 6 heavy (non-hydrogen) atoms. The molecule has 0 aromatic carbocycles. The van der Waals surface area contributed by atoms with Crippen LogP contribution in [-0.4, -0.2) is 17.7 Å². The van der Waals surface area contributed by atoms with Gasteiger partial charge >= 0.3 is 0 Å². The van der Waals surface area contributed by atoms with Gasteiger partial charge in [-0.3, -0.25) is 4.79 Å². The van der Waals surface area contributed by atoms with Crippen LogP contribution in [0.2, 0.25) is 0 Å². The predicted molar refractivity (Wildman–Crippen MR) is 16.3 cm³/mol. The zero-order chi connectivity index (χ0) is 4.12. The maximum atomic E-state index is 9.10. The zero-order valence-electron chi connectivity index (χ0n) is 2.77. The Morgan fingerprint density at radius 1 is 1.67 bits per heavy atom. The van der Waals surface area contributed by atoms with Crippen molar-refractivity contribution >= 4 is 12.5 Å². The van der Waals surface area contributed by atoms with E-state index in [9.17, 15) is 0 Å². The Labute approximate surface area is 45.0 Å². The van der Waals surface area contributed by atoms with Crippen molar-refractivity contribution in [2.24, 2.45) is 5.16 Å². The molecule has 3 nitrogen and oxygen atoms in total. The second kappa shape index (κ2) is 8.82. The second-order valence-corrected chi connectivity index (χ2v) is 0.401. The Morgan fingerprint density at radius 3 is 2.17 bits per heavy atom. The van der Waals surface area contributed by atoms with Crippen LogP contribution in [0.1, 0.15) is 0 Å². The van der Waals surface area contributed by atoms with Crippen LogP contribution in [0.4, 0.5) is 0 Å². The number of rotatable bonds is 1. The Hall–Kier alpha value is -0.366. The number of nitrogens with zero attached hydrogens (tertiary/aromatic N) is 1. The molecule has 0 saturated heterocycles. The fourth-order valence-corrected chi connectivity index (χ4v) is 0.0272. The summed E-state index contributed by atoms with van der Waals surface area (Å²) in [6, 6.07) is 0. The van der Waals surface area contributed by atoms with E-state index in [-0.39, 0.29) is 16.5 Å². The van der Waals surface area contributed by atoms with Crippen LogP contribution in [0.15, 0.2) is 5.16 Å². The fourth-order valence-electron chi connectivity index (χ4n) is 0.0272. The van der Waals surface area contributed by atoms with Gasteiger partial charge in [-0.15, -0.1) is 0 Å². The molecule has 0 atom stereocenters. The number of aldehydes is 1. The summed E-state index contributed by atoms with van der Waals surface area (Å²) in [5.74, 6) is 0. The molecular formula is C2H3NNiO2. The van der Waals surface area contributed by atoms with Gasteiger partial charge in [0.05, 0.1) is 0 Å². The Kier molecular flexibility index (Phi) is 13.5. The molecule has 0 radical (unpaired) electrons. The Morgan fingerprint density at radius 2 is 2.17 bits per heavy atom. The number of oxime groups is 1. The van der Waals surface area contributed by atoms with Gasteiger partial charge in [0.25, 0.3) is 0 Å². The van der Waals surface area contributed by atoms with Gasteiger partial charge in [0.1, 0.15) is 6.21 Å². The van der Waals surface area contributed by atoms with E-state index in [4.69, 9.17) is 10.0 Å². The number of carbonyl (C=O) groups excluding carboxylic acids is 1. The van der Waals surface area contributed by atoms with E-state index in [1.165, 1.54) is 0 Å². The molecule has 0 heterocycles. The SMILES string of the molecule is O=CC=NO.[Ni]. The first-order valence-electron chi connectivity index (χ1n) is 1.03. The molecule has 0 aliphatic rings. The zero-order valence-corrected chi connectivity index (χ0v) is 3.76. The van der Waals surface area contributed by atoms with Gasteiger partial charge in [-0.1, -0.05) is 5.16 Å². The summed E-state index contributed by atoms with van der Waals surface area (Å²) in [5.41, 5.74) is 0. The number of hydrogen-bond acceptors (Lipinski definition) is 3. The minimum absolute atomic E-state index is 0. The molecule has 0 fully saturated rings. The topological polar surface area (TPSA) is 49.7 Å². The third-order valence-electron chi connectivity index (χ3n) is 0.128. The Balaban J connectivity index is 0. The molecule has 1 N–H and O–H groups in total. The van der Waals surface area contributed by atoms with Gasteiger partial charge in [-0.05, 0) is 0 Å². The molecule has 0 aliphatic carbocycles. The molecule has 0 bridgehead atoms. The monoisotopic (exact) mass is 131 g/mol. The fraction of sp³-hybridized carbons (Fsp3) is 0. The molecule has 0 spiro atoms. The summed E-state index contributed by atoms with van der Waals surface area (Å²) in [5, 5.41) is 9.77. The van der Waals surface area contributed by atoms with Crippen LogP contribution in [0.3, 0.4) is 0 Å². The second-order valence-electron chi connectivity index (χ2n) is 0.401. The van der Waals surface area contributed by atoms with Crippen LogP contribution in [0, 0.1) is 0 Å². The largest absolute Gasteiger partial charge is 0.411 e. The maximum Gasteiger partial charge on any atom is 0.164 e. The van der Waals surface area contributed by atoms with E-state index in [1.54, 1.807) is 0 Å². The van der Waals surface area contributed by atoms with Gasteiger partial charge in [0.15, 0.2) is 6.29 Å². The summed E-state index contributed by atoms with van der Waals surface area (Å²) in [7, 11) is 0. The van der Waals surface area contributed by atoms with Gasteiger partial charge in [-0.25, -0.2) is 0 Å². The molecule has 0 aromatic rings. The van der Waals surface area contributed by atoms with E-state index >= 15 is 0 Å². The number of hydrogen-bond donors (Lipinski definition) is 1. The van der Waals surface area contributed by atoms with Crippen molar-refractivity contribution in [1.82, 2.24) is 0 Å². The first-order valence-corrected chi connectivity index (χ1v) is 1.03. The maximum absolute atomic E-state index is 9.10. The molecule has 0 unspecified atom stereocenters. The molecule has 4 heteroatoms. The van der Waals surface area contributed by atoms with Gasteiger partial charge in [0, 0.05) is 16.5 Å². The van der Waals surface area contributed by atoms with E-state index in [2.05, 4.69) is 5.16 Å². The summed E-state index contributed by atoms with van der Waals surface area (Å²) in [6.45, 7) is 0. The van der Waals surface area contributed by atoms with Crippen LogP contribution >= 0.6 is 0 Å². The van der Waals surface area contributed by atoms with Crippen molar-refractivity contribution < 1.29 is 26.5 Å². The molecule has 0 rings (SSSR count). The molecule has 0 aromatic heterocycles. The van der Waals surface area contributed by atoms with Gasteiger partial charge < -0.3 is 5.21 Å². The third kappa shape index (κ3) is 9.44. The van der Waals surface area contributed by atoms with Crippen molar-refractivity contribution in [3.63, 3.8) is 0 Å². The van der Waals surface area contributed by atoms with Gasteiger partial charge in [-0.2, -0.15) is 0 Å². The molecule has 38 valence electrons. The quantitative estimate of drug-likeness (QED) is 0.174. The average molecular weight is 132 g/mol. The average Bonchev–Trinajstić information content (AvgIpc) is 1.41. The van der Waals surface area contributed by atoms with E-state index in [1.807, 2.05) is 0 Å². The normalized spacial score (nSPS) is 7.33. The molecular weight excluding hydrogens is 129 g/mol. The van der Waals surface area contributed by atoms with Crippen molar-refractivity contribution in [2.75, 3.05) is 0 Å². The minimum atomic E-state index is 0. The summed E-state index contributed by atoms with van der Waals surface area (Å²) >= 11 is 0. The van der Waals surface area contributed by atoms with Crippen LogP contribution in [0.25, 0.3) is 0 Å². The molecule has 0 amide bonds. The van der Waals surface area contributed by atoms with Crippen molar-refractivity contribution in [2.45, 2.75) is 0 Å². The smallest absolute Gasteiger partial charge is 0.164 e. The van der Waals surface area contributed by atoms with Crippen LogP contribution in [-0.2, 0) is 21.3 Å². The molecule has 0 aliphatic heterocycles. The first-order chi connectivity index (χ1) is 2.41. The first kappa shape index (κ1) is 9.16. The van der Waals surface area contributed by atoms with Crippen LogP contribution < -0.4 is 0 Å². The standard InChI is InChI=1S/C2H3NO2.Ni/c4-2-1-3-5;/h1-2,5H;. The Bertz CT molecular complexity index is 53.5. The third-order valence-corrected chi connectivity index (χ3v) is 0.128. The van der Waals surface area contributed by atoms with E-state index < -0.39 is 0 Å². The van der Waals surface area contributed by atoms with Crippen molar-refractivity contribution in [1.29, 1.82) is 0 Å². The summed E-state index contributed by atoms with van der Waals surface area (Å²) < 4.78 is 0. The number of carbonyl (C=O) groups is 1. The van der Waals surface area contributed by atoms with Crippen molar-refractivity contribution in [3.05, 3.63) is 0 Å². The van der Waals surface area contributed by atoms with E-state index in [0.717, 1.165) is 6.21 Å². The van der Waals surface area contributed by atoms with Gasteiger partial charge in [0.2, 0.25) is 0 Å². The summed E-state index contributed by atoms with van der Waals surface area (Å²) in [6.07, 6.45) is 1.14. The predicted octanol–water partition coefficient (Wildman–Crippen LogP) is -0.357. The van der Waals surface area contributed by atoms with E-state index in [0.29, 0.717) is 6.29 Å². The van der Waals surface area contributed by atoms with Crippen molar-refractivity contribution in [3.8, 4) is 0 Å².